The molecule has 2 aliphatic rings. The Morgan fingerprint density at radius 1 is 1.30 bits per heavy atom. The summed E-state index contributed by atoms with van der Waals surface area (Å²) in [5, 5.41) is 0. The minimum absolute atomic E-state index is 0.119. The van der Waals surface area contributed by atoms with Crippen molar-refractivity contribution in [2.45, 2.75) is 12.4 Å². The van der Waals surface area contributed by atoms with Gasteiger partial charge in [0.25, 0.3) is 0 Å². The molecule has 0 spiro atoms. The van der Waals surface area contributed by atoms with Gasteiger partial charge in [-0.15, -0.1) is 0 Å². The largest absolute Gasteiger partial charge is 0.445 e. The van der Waals surface area contributed by atoms with E-state index in [9.17, 15) is 13.6 Å². The average molecular weight is 323 g/mol. The third-order valence-electron chi connectivity index (χ3n) is 3.82. The lowest BCUT2D eigenvalue weighted by Gasteiger charge is -2.24. The van der Waals surface area contributed by atoms with E-state index in [1.807, 2.05) is 0 Å². The van der Waals surface area contributed by atoms with E-state index in [2.05, 4.69) is 5.48 Å². The summed E-state index contributed by atoms with van der Waals surface area (Å²) in [6.45, 7) is 1.72. The van der Waals surface area contributed by atoms with Crippen molar-refractivity contribution in [2.24, 2.45) is 0 Å². The van der Waals surface area contributed by atoms with Gasteiger partial charge < -0.3 is 9.64 Å². The number of hydroxylamine groups is 1. The van der Waals surface area contributed by atoms with Gasteiger partial charge in [-0.3, -0.25) is 9.74 Å². The second kappa shape index (κ2) is 6.71. The van der Waals surface area contributed by atoms with Crippen molar-refractivity contribution in [3.8, 4) is 0 Å². The fraction of sp³-hybridized carbons (Fsp3) is 0.500. The first-order valence-electron chi connectivity index (χ1n) is 7.37. The van der Waals surface area contributed by atoms with Crippen LogP contribution in [0.15, 0.2) is 12.1 Å². The van der Waals surface area contributed by atoms with Gasteiger partial charge >= 0.3 is 6.09 Å². The van der Waals surface area contributed by atoms with Crippen molar-refractivity contribution in [3.63, 3.8) is 0 Å². The van der Waals surface area contributed by atoms with Gasteiger partial charge in [-0.2, -0.15) is 0 Å². The Hall–Kier alpha value is -1.87. The number of ether oxygens (including phenoxy) is 1. The Bertz CT molecular complexity index is 574. The molecule has 2 saturated heterocycles. The highest BCUT2D eigenvalue weighted by molar-refractivity contribution is 6.09. The van der Waals surface area contributed by atoms with Crippen LogP contribution in [0, 0.1) is 11.6 Å². The second-order valence-electron chi connectivity index (χ2n) is 5.34. The van der Waals surface area contributed by atoms with Gasteiger partial charge in [0.2, 0.25) is 0 Å². The van der Waals surface area contributed by atoms with E-state index in [0.717, 1.165) is 12.1 Å². The van der Waals surface area contributed by atoms with Gasteiger partial charge in [-0.25, -0.2) is 19.1 Å². The summed E-state index contributed by atoms with van der Waals surface area (Å²) in [5.41, 5.74) is 2.69. The monoisotopic (exact) mass is 323 g/mol. The molecule has 9 heteroatoms. The highest BCUT2D eigenvalue weighted by atomic mass is 19.1. The summed E-state index contributed by atoms with van der Waals surface area (Å²) in [6.07, 6.45) is -0.965. The maximum Gasteiger partial charge on any atom is 0.414 e. The SMILES string of the molecule is [B]C[C@H]1CN(c2cc(F)c(N3CCNOCC3)c(F)c2)C(=O)O1. The molecule has 0 unspecified atom stereocenters. The first kappa shape index (κ1) is 16.0. The Morgan fingerprint density at radius 3 is 2.70 bits per heavy atom. The van der Waals surface area contributed by atoms with Crippen LogP contribution < -0.4 is 15.3 Å². The summed E-state index contributed by atoms with van der Waals surface area (Å²) in [7, 11) is 5.46. The lowest BCUT2D eigenvalue weighted by atomic mass is 9.99. The van der Waals surface area contributed by atoms with Gasteiger partial charge in [0.05, 0.1) is 26.7 Å². The van der Waals surface area contributed by atoms with Gasteiger partial charge in [-0.05, 0) is 0 Å². The maximum atomic E-state index is 14.4. The predicted molar refractivity (Wildman–Crippen MR) is 80.7 cm³/mol. The number of nitrogens with one attached hydrogen (secondary N) is 1. The van der Waals surface area contributed by atoms with Crippen molar-refractivity contribution >= 4 is 25.3 Å². The second-order valence-corrected chi connectivity index (χ2v) is 5.34. The first-order valence-corrected chi connectivity index (χ1v) is 7.37. The number of anilines is 2. The standard InChI is InChI=1S/C14H16BF2N3O3/c15-7-10-8-20(14(21)23-10)9-5-11(16)13(12(17)6-9)19-2-1-18-22-4-3-19/h5-6,10,18H,1-4,7-8H2/t10-/m0/s1. The van der Waals surface area contributed by atoms with E-state index in [-0.39, 0.29) is 24.2 Å². The molecule has 0 bridgehead atoms. The van der Waals surface area contributed by atoms with Crippen LogP contribution in [0.25, 0.3) is 0 Å². The molecule has 1 atom stereocenters. The topological polar surface area (TPSA) is 54.0 Å². The number of hydrogen-bond acceptors (Lipinski definition) is 5. The van der Waals surface area contributed by atoms with Crippen molar-refractivity contribution in [1.29, 1.82) is 0 Å². The molecule has 2 heterocycles. The van der Waals surface area contributed by atoms with Crippen LogP contribution in [0.4, 0.5) is 25.0 Å². The minimum atomic E-state index is -0.731. The summed E-state index contributed by atoms with van der Waals surface area (Å²) in [5.74, 6) is -1.46. The lowest BCUT2D eigenvalue weighted by Crippen LogP contribution is -2.30. The van der Waals surface area contributed by atoms with Crippen molar-refractivity contribution in [3.05, 3.63) is 23.8 Å². The van der Waals surface area contributed by atoms with Gasteiger partial charge in [-0.1, -0.05) is 6.32 Å². The zero-order valence-electron chi connectivity index (χ0n) is 12.4. The van der Waals surface area contributed by atoms with Gasteiger partial charge in [0.1, 0.15) is 11.8 Å². The van der Waals surface area contributed by atoms with Crippen LogP contribution in [0.3, 0.4) is 0 Å². The van der Waals surface area contributed by atoms with Crippen LogP contribution >= 0.6 is 0 Å². The van der Waals surface area contributed by atoms with E-state index in [4.69, 9.17) is 17.4 Å². The predicted octanol–water partition coefficient (Wildman–Crippen LogP) is 1.22. The van der Waals surface area contributed by atoms with E-state index in [1.165, 1.54) is 4.90 Å². The molecule has 1 amide bonds. The van der Waals surface area contributed by atoms with E-state index in [1.54, 1.807) is 4.90 Å². The molecule has 1 aromatic carbocycles. The number of halogens is 2. The van der Waals surface area contributed by atoms with Crippen molar-refractivity contribution in [2.75, 3.05) is 42.6 Å². The zero-order chi connectivity index (χ0) is 16.4. The molecule has 2 fully saturated rings. The molecule has 1 N–H and O–H groups in total. The van der Waals surface area contributed by atoms with Crippen molar-refractivity contribution in [1.82, 2.24) is 5.48 Å². The molecule has 6 nitrogen and oxygen atoms in total. The van der Waals surface area contributed by atoms with Crippen LogP contribution in [-0.4, -0.2) is 52.8 Å². The number of benzene rings is 1. The van der Waals surface area contributed by atoms with Gasteiger partial charge in [0, 0.05) is 31.8 Å². The van der Waals surface area contributed by atoms with Gasteiger partial charge in [0.15, 0.2) is 11.6 Å². The smallest absolute Gasteiger partial charge is 0.414 e. The molecule has 2 aliphatic heterocycles. The van der Waals surface area contributed by atoms with Crippen molar-refractivity contribution < 1.29 is 23.1 Å². The number of cyclic esters (lactones) is 1. The number of carbonyl (C=O) groups is 1. The Labute approximate surface area is 133 Å². The third-order valence-corrected chi connectivity index (χ3v) is 3.82. The minimum Gasteiger partial charge on any atom is -0.445 e. The van der Waals surface area contributed by atoms with E-state index < -0.39 is 23.8 Å². The summed E-state index contributed by atoms with van der Waals surface area (Å²) < 4.78 is 33.9. The number of carbonyl (C=O) groups excluding carboxylic acids is 1. The van der Waals surface area contributed by atoms with E-state index in [0.29, 0.717) is 26.2 Å². The van der Waals surface area contributed by atoms with Crippen LogP contribution in [0.5, 0.6) is 0 Å². The number of rotatable bonds is 3. The Balaban J connectivity index is 1.87. The molecular weight excluding hydrogens is 307 g/mol. The molecule has 0 aromatic heterocycles. The molecule has 0 saturated carbocycles. The summed E-state index contributed by atoms with van der Waals surface area (Å²) in [4.78, 5) is 19.6. The molecule has 0 aliphatic carbocycles. The molecule has 3 rings (SSSR count). The summed E-state index contributed by atoms with van der Waals surface area (Å²) >= 11 is 0. The quantitative estimate of drug-likeness (QED) is 0.848. The highest BCUT2D eigenvalue weighted by Gasteiger charge is 2.32. The normalized spacial score (nSPS) is 22.2. The summed E-state index contributed by atoms with van der Waals surface area (Å²) in [6, 6.07) is 2.27. The van der Waals surface area contributed by atoms with Crippen LogP contribution in [-0.2, 0) is 9.57 Å². The molecule has 1 aromatic rings. The fourth-order valence-electron chi connectivity index (χ4n) is 2.68. The molecule has 2 radical (unpaired) electrons. The fourth-order valence-corrected chi connectivity index (χ4v) is 2.68. The number of amides is 1. The first-order chi connectivity index (χ1) is 11.1. The molecular formula is C14H16BF2N3O3. The number of nitrogens with zero attached hydrogens (tertiary/aromatic N) is 2. The zero-order valence-corrected chi connectivity index (χ0v) is 12.4. The highest BCUT2D eigenvalue weighted by Crippen LogP contribution is 2.31. The average Bonchev–Trinajstić information content (AvgIpc) is 2.71. The third kappa shape index (κ3) is 3.25. The van der Waals surface area contributed by atoms with E-state index >= 15 is 0 Å². The Kier molecular flexibility index (Phi) is 4.67. The van der Waals surface area contributed by atoms with Crippen LogP contribution in [0.2, 0.25) is 6.32 Å². The maximum absolute atomic E-state index is 14.4. The number of hydrogen-bond donors (Lipinski definition) is 1. The molecule has 23 heavy (non-hydrogen) atoms. The molecule has 122 valence electrons. The lowest BCUT2D eigenvalue weighted by molar-refractivity contribution is 0.0589. The van der Waals surface area contributed by atoms with Crippen LogP contribution in [0.1, 0.15) is 0 Å². The Morgan fingerprint density at radius 2 is 2.04 bits per heavy atom.